The van der Waals surface area contributed by atoms with Crippen molar-refractivity contribution in [3.05, 3.63) is 46.2 Å². The summed E-state index contributed by atoms with van der Waals surface area (Å²) < 4.78 is 13.3. The highest BCUT2D eigenvalue weighted by Gasteiger charge is 2.06. The molecule has 0 fully saturated rings. The van der Waals surface area contributed by atoms with Crippen LogP contribution < -0.4 is 10.6 Å². The zero-order valence-corrected chi connectivity index (χ0v) is 10.6. The zero-order valence-electron chi connectivity index (χ0n) is 9.74. The number of carbonyl (C=O) groups is 1. The second-order valence-corrected chi connectivity index (χ2v) is 4.61. The molecule has 2 amide bonds. The molecule has 0 aliphatic rings. The molecule has 1 heterocycles. The molecule has 4 nitrogen and oxygen atoms in total. The van der Waals surface area contributed by atoms with Crippen LogP contribution in [0.2, 0.25) is 0 Å². The van der Waals surface area contributed by atoms with Gasteiger partial charge in [0.15, 0.2) is 0 Å². The van der Waals surface area contributed by atoms with E-state index in [0.717, 1.165) is 10.7 Å². The quantitative estimate of drug-likeness (QED) is 0.896. The molecule has 1 aromatic heterocycles. The van der Waals surface area contributed by atoms with E-state index in [0.29, 0.717) is 6.54 Å². The highest BCUT2D eigenvalue weighted by molar-refractivity contribution is 7.09. The predicted molar refractivity (Wildman–Crippen MR) is 69.1 cm³/mol. The minimum atomic E-state index is -0.460. The van der Waals surface area contributed by atoms with Gasteiger partial charge in [0.05, 0.1) is 12.2 Å². The lowest BCUT2D eigenvalue weighted by atomic mass is 10.3. The lowest BCUT2D eigenvalue weighted by molar-refractivity contribution is 0.251. The van der Waals surface area contributed by atoms with Crippen LogP contribution in [0.4, 0.5) is 14.9 Å². The van der Waals surface area contributed by atoms with Gasteiger partial charge in [-0.15, -0.1) is 11.3 Å². The highest BCUT2D eigenvalue weighted by Crippen LogP contribution is 2.12. The van der Waals surface area contributed by atoms with Gasteiger partial charge in [-0.05, 0) is 19.1 Å². The van der Waals surface area contributed by atoms with Crippen molar-refractivity contribution in [2.75, 3.05) is 5.32 Å². The van der Waals surface area contributed by atoms with Gasteiger partial charge in [-0.1, -0.05) is 12.1 Å². The van der Waals surface area contributed by atoms with E-state index in [9.17, 15) is 9.18 Å². The Hall–Kier alpha value is -1.95. The summed E-state index contributed by atoms with van der Waals surface area (Å²) in [4.78, 5) is 15.7. The molecule has 0 aliphatic heterocycles. The largest absolute Gasteiger partial charge is 0.331 e. The first-order chi connectivity index (χ1) is 8.65. The molecule has 6 heteroatoms. The number of anilines is 1. The molecule has 0 atom stereocenters. The van der Waals surface area contributed by atoms with Crippen LogP contribution in [0.1, 0.15) is 10.7 Å². The van der Waals surface area contributed by atoms with Gasteiger partial charge in [0, 0.05) is 11.1 Å². The van der Waals surface area contributed by atoms with Crippen molar-refractivity contribution in [2.24, 2.45) is 0 Å². The third kappa shape index (κ3) is 3.27. The molecule has 1 aromatic carbocycles. The number of hydrogen-bond donors (Lipinski definition) is 2. The Balaban J connectivity index is 1.88. The van der Waals surface area contributed by atoms with Gasteiger partial charge in [-0.3, -0.25) is 0 Å². The minimum absolute atomic E-state index is 0.158. The number of benzene rings is 1. The molecule has 18 heavy (non-hydrogen) atoms. The third-order valence-corrected chi connectivity index (χ3v) is 3.16. The second kappa shape index (κ2) is 5.59. The van der Waals surface area contributed by atoms with Gasteiger partial charge in [-0.2, -0.15) is 0 Å². The topological polar surface area (TPSA) is 54.0 Å². The lowest BCUT2D eigenvalue weighted by Gasteiger charge is -2.06. The van der Waals surface area contributed by atoms with Gasteiger partial charge in [0.25, 0.3) is 0 Å². The van der Waals surface area contributed by atoms with Crippen LogP contribution in [0.3, 0.4) is 0 Å². The molecule has 2 aromatic rings. The fraction of sp³-hybridized carbons (Fsp3) is 0.167. The molecule has 0 radical (unpaired) electrons. The summed E-state index contributed by atoms with van der Waals surface area (Å²) in [5, 5.41) is 7.78. The fourth-order valence-corrected chi connectivity index (χ4v) is 2.08. The fourth-order valence-electron chi connectivity index (χ4n) is 1.37. The van der Waals surface area contributed by atoms with E-state index in [-0.39, 0.29) is 5.69 Å². The molecular weight excluding hydrogens is 253 g/mol. The van der Waals surface area contributed by atoms with E-state index >= 15 is 0 Å². The first-order valence-corrected chi connectivity index (χ1v) is 6.23. The van der Waals surface area contributed by atoms with E-state index in [1.807, 2.05) is 12.3 Å². The van der Waals surface area contributed by atoms with E-state index in [4.69, 9.17) is 0 Å². The number of nitrogens with one attached hydrogen (secondary N) is 2. The number of urea groups is 1. The van der Waals surface area contributed by atoms with Crippen molar-refractivity contribution in [3.63, 3.8) is 0 Å². The SMILES string of the molecule is Cc1csc(CNC(=O)Nc2ccccc2F)n1. The molecule has 2 rings (SSSR count). The Labute approximate surface area is 108 Å². The first-order valence-electron chi connectivity index (χ1n) is 5.35. The maximum atomic E-state index is 13.3. The van der Waals surface area contributed by atoms with Crippen LogP contribution in [-0.4, -0.2) is 11.0 Å². The van der Waals surface area contributed by atoms with E-state index in [1.54, 1.807) is 12.1 Å². The van der Waals surface area contributed by atoms with Crippen LogP contribution in [0, 0.1) is 12.7 Å². The Kier molecular flexibility index (Phi) is 3.88. The summed E-state index contributed by atoms with van der Waals surface area (Å²) in [6.07, 6.45) is 0. The Morgan fingerprint density at radius 2 is 2.22 bits per heavy atom. The van der Waals surface area contributed by atoms with E-state index in [1.165, 1.54) is 23.5 Å². The maximum absolute atomic E-state index is 13.3. The summed E-state index contributed by atoms with van der Waals surface area (Å²) in [6.45, 7) is 2.22. The summed E-state index contributed by atoms with van der Waals surface area (Å²) >= 11 is 1.47. The number of aryl methyl sites for hydroxylation is 1. The summed E-state index contributed by atoms with van der Waals surface area (Å²) in [7, 11) is 0. The van der Waals surface area contributed by atoms with Gasteiger partial charge in [0.1, 0.15) is 10.8 Å². The lowest BCUT2D eigenvalue weighted by Crippen LogP contribution is -2.28. The summed E-state index contributed by atoms with van der Waals surface area (Å²) in [5.74, 6) is -0.460. The van der Waals surface area contributed by atoms with Crippen molar-refractivity contribution in [3.8, 4) is 0 Å². The summed E-state index contributed by atoms with van der Waals surface area (Å²) in [5.41, 5.74) is 1.08. The zero-order chi connectivity index (χ0) is 13.0. The van der Waals surface area contributed by atoms with Crippen molar-refractivity contribution in [1.82, 2.24) is 10.3 Å². The molecule has 0 spiro atoms. The number of amides is 2. The number of halogens is 1. The molecule has 0 saturated heterocycles. The minimum Gasteiger partial charge on any atom is -0.331 e. The molecule has 0 saturated carbocycles. The Bertz CT molecular complexity index is 556. The van der Waals surface area contributed by atoms with Gasteiger partial charge >= 0.3 is 6.03 Å². The number of para-hydroxylation sites is 1. The van der Waals surface area contributed by atoms with E-state index < -0.39 is 11.8 Å². The molecule has 0 aliphatic carbocycles. The van der Waals surface area contributed by atoms with Crippen LogP contribution in [-0.2, 0) is 6.54 Å². The van der Waals surface area contributed by atoms with Crippen LogP contribution in [0.25, 0.3) is 0 Å². The predicted octanol–water partition coefficient (Wildman–Crippen LogP) is 2.91. The van der Waals surface area contributed by atoms with Crippen LogP contribution in [0.5, 0.6) is 0 Å². The molecule has 94 valence electrons. The Morgan fingerprint density at radius 3 is 2.89 bits per heavy atom. The molecular formula is C12H12FN3OS. The second-order valence-electron chi connectivity index (χ2n) is 3.67. The number of hydrogen-bond acceptors (Lipinski definition) is 3. The molecule has 0 bridgehead atoms. The standard InChI is InChI=1S/C12H12FN3OS/c1-8-7-18-11(15-8)6-14-12(17)16-10-5-3-2-4-9(10)13/h2-5,7H,6H2,1H3,(H2,14,16,17). The average molecular weight is 265 g/mol. The number of carbonyl (C=O) groups excluding carboxylic acids is 1. The van der Waals surface area contributed by atoms with Gasteiger partial charge in [-0.25, -0.2) is 14.2 Å². The van der Waals surface area contributed by atoms with Crippen molar-refractivity contribution in [1.29, 1.82) is 0 Å². The number of aromatic nitrogens is 1. The number of thiazole rings is 1. The maximum Gasteiger partial charge on any atom is 0.319 e. The Morgan fingerprint density at radius 1 is 1.44 bits per heavy atom. The van der Waals surface area contributed by atoms with Crippen molar-refractivity contribution >= 4 is 23.1 Å². The van der Waals surface area contributed by atoms with Crippen molar-refractivity contribution < 1.29 is 9.18 Å². The normalized spacial score (nSPS) is 10.1. The third-order valence-electron chi connectivity index (χ3n) is 2.19. The van der Waals surface area contributed by atoms with Gasteiger partial charge < -0.3 is 10.6 Å². The smallest absolute Gasteiger partial charge is 0.319 e. The van der Waals surface area contributed by atoms with Crippen LogP contribution in [0.15, 0.2) is 29.6 Å². The van der Waals surface area contributed by atoms with Crippen molar-refractivity contribution in [2.45, 2.75) is 13.5 Å². The molecule has 0 unspecified atom stereocenters. The van der Waals surface area contributed by atoms with Gasteiger partial charge in [0.2, 0.25) is 0 Å². The van der Waals surface area contributed by atoms with Crippen LogP contribution >= 0.6 is 11.3 Å². The summed E-state index contributed by atoms with van der Waals surface area (Å²) in [6, 6.07) is 5.56. The average Bonchev–Trinajstić information content (AvgIpc) is 2.76. The number of nitrogens with zero attached hydrogens (tertiary/aromatic N) is 1. The van der Waals surface area contributed by atoms with E-state index in [2.05, 4.69) is 15.6 Å². The number of rotatable bonds is 3. The highest BCUT2D eigenvalue weighted by atomic mass is 32.1. The first kappa shape index (κ1) is 12.5. The monoisotopic (exact) mass is 265 g/mol. The molecule has 2 N–H and O–H groups in total.